The molecule has 16 heavy (non-hydrogen) atoms. The van der Waals surface area contributed by atoms with Crippen molar-refractivity contribution in [2.24, 2.45) is 7.05 Å². The Balaban J connectivity index is 2.26. The zero-order chi connectivity index (χ0) is 11.5. The molecule has 0 aliphatic rings. The van der Waals surface area contributed by atoms with Gasteiger partial charge in [0.15, 0.2) is 0 Å². The van der Waals surface area contributed by atoms with Gasteiger partial charge in [-0.3, -0.25) is 4.68 Å². The van der Waals surface area contributed by atoms with Gasteiger partial charge in [-0.05, 0) is 28.7 Å². The minimum atomic E-state index is 0.518. The van der Waals surface area contributed by atoms with Gasteiger partial charge in [0.25, 0.3) is 5.88 Å². The molecule has 1 N–H and O–H groups in total. The monoisotopic (exact) mass is 331 g/mol. The molecule has 2 aromatic rings. The second-order valence-electron chi connectivity index (χ2n) is 3.05. The van der Waals surface area contributed by atoms with E-state index in [2.05, 4.69) is 43.0 Å². The highest BCUT2D eigenvalue weighted by atomic mass is 127. The first-order chi connectivity index (χ1) is 7.69. The molecule has 0 spiro atoms. The van der Waals surface area contributed by atoms with Gasteiger partial charge >= 0.3 is 0 Å². The number of aryl methyl sites for hydroxylation is 1. The molecule has 6 nitrogen and oxygen atoms in total. The van der Waals surface area contributed by atoms with Crippen LogP contribution in [0.5, 0.6) is 5.88 Å². The van der Waals surface area contributed by atoms with Gasteiger partial charge in [-0.2, -0.15) is 0 Å². The Morgan fingerprint density at radius 2 is 2.31 bits per heavy atom. The third-order valence-electron chi connectivity index (χ3n) is 1.86. The normalized spacial score (nSPS) is 10.2. The highest BCUT2D eigenvalue weighted by molar-refractivity contribution is 14.1. The minimum Gasteiger partial charge on any atom is -0.478 e. The maximum atomic E-state index is 5.12. The van der Waals surface area contributed by atoms with Crippen LogP contribution < -0.4 is 10.1 Å². The highest BCUT2D eigenvalue weighted by Gasteiger charge is 2.09. The number of aromatic nitrogens is 4. The summed E-state index contributed by atoms with van der Waals surface area (Å²) in [7, 11) is 3.40. The number of ether oxygens (including phenoxy) is 1. The van der Waals surface area contributed by atoms with Crippen LogP contribution in [-0.2, 0) is 7.05 Å². The van der Waals surface area contributed by atoms with E-state index in [0.717, 1.165) is 9.39 Å². The fourth-order valence-electron chi connectivity index (χ4n) is 1.22. The first-order valence-electron chi connectivity index (χ1n) is 4.52. The fraction of sp³-hybridized carbons (Fsp3) is 0.222. The summed E-state index contributed by atoms with van der Waals surface area (Å²) < 4.78 is 7.65. The summed E-state index contributed by atoms with van der Waals surface area (Å²) in [6.07, 6.45) is 3.50. The van der Waals surface area contributed by atoms with Crippen molar-refractivity contribution in [3.8, 4) is 5.88 Å². The van der Waals surface area contributed by atoms with Crippen LogP contribution in [0, 0.1) is 3.70 Å². The van der Waals surface area contributed by atoms with Gasteiger partial charge < -0.3 is 10.1 Å². The van der Waals surface area contributed by atoms with Crippen molar-refractivity contribution >= 4 is 34.2 Å². The summed E-state index contributed by atoms with van der Waals surface area (Å²) >= 11 is 2.13. The molecule has 0 fully saturated rings. The summed E-state index contributed by atoms with van der Waals surface area (Å²) in [6, 6.07) is 1.83. The SMILES string of the molecule is COc1nn(C)cc1Nc1nccc(I)n1. The van der Waals surface area contributed by atoms with Crippen molar-refractivity contribution in [1.82, 2.24) is 19.7 Å². The van der Waals surface area contributed by atoms with E-state index >= 15 is 0 Å². The summed E-state index contributed by atoms with van der Waals surface area (Å²) in [5.41, 5.74) is 0.743. The molecule has 2 heterocycles. The lowest BCUT2D eigenvalue weighted by atomic mass is 10.5. The van der Waals surface area contributed by atoms with Gasteiger partial charge in [0, 0.05) is 13.2 Å². The van der Waals surface area contributed by atoms with E-state index < -0.39 is 0 Å². The Morgan fingerprint density at radius 3 is 3.00 bits per heavy atom. The number of halogens is 1. The first kappa shape index (κ1) is 11.1. The van der Waals surface area contributed by atoms with E-state index in [1.165, 1.54) is 0 Å². The lowest BCUT2D eigenvalue weighted by Gasteiger charge is -2.03. The predicted octanol–water partition coefficient (Wildman–Crippen LogP) is 1.57. The molecule has 0 saturated heterocycles. The molecule has 0 aromatic carbocycles. The van der Waals surface area contributed by atoms with Crippen LogP contribution in [0.4, 0.5) is 11.6 Å². The Bertz CT molecular complexity index is 498. The van der Waals surface area contributed by atoms with Crippen LogP contribution in [0.2, 0.25) is 0 Å². The predicted molar refractivity (Wildman–Crippen MR) is 67.8 cm³/mol. The quantitative estimate of drug-likeness (QED) is 0.683. The lowest BCUT2D eigenvalue weighted by molar-refractivity contribution is 0.393. The third kappa shape index (κ3) is 2.40. The molecule has 0 unspecified atom stereocenters. The number of hydrogen-bond donors (Lipinski definition) is 1. The minimum absolute atomic E-state index is 0.518. The van der Waals surface area contributed by atoms with Crippen LogP contribution in [0.15, 0.2) is 18.5 Å². The second kappa shape index (κ2) is 4.64. The van der Waals surface area contributed by atoms with Crippen molar-refractivity contribution in [2.75, 3.05) is 12.4 Å². The Labute approximate surface area is 106 Å². The number of anilines is 2. The zero-order valence-electron chi connectivity index (χ0n) is 8.81. The fourth-order valence-corrected chi connectivity index (χ4v) is 1.61. The summed E-state index contributed by atoms with van der Waals surface area (Å²) in [6.45, 7) is 0. The van der Waals surface area contributed by atoms with Crippen LogP contribution in [0.25, 0.3) is 0 Å². The number of nitrogens with zero attached hydrogens (tertiary/aromatic N) is 4. The van der Waals surface area contributed by atoms with Gasteiger partial charge in [0.2, 0.25) is 5.95 Å². The van der Waals surface area contributed by atoms with Crippen molar-refractivity contribution in [3.05, 3.63) is 22.2 Å². The molecule has 7 heteroatoms. The Kier molecular flexibility index (Phi) is 3.22. The third-order valence-corrected chi connectivity index (χ3v) is 2.46. The average molecular weight is 331 g/mol. The van der Waals surface area contributed by atoms with Gasteiger partial charge in [0.05, 0.1) is 13.3 Å². The topological polar surface area (TPSA) is 64.9 Å². The maximum Gasteiger partial charge on any atom is 0.256 e. The summed E-state index contributed by atoms with van der Waals surface area (Å²) in [5.74, 6) is 1.04. The lowest BCUT2D eigenvalue weighted by Crippen LogP contribution is -1.98. The Hall–Kier alpha value is -1.38. The van der Waals surface area contributed by atoms with E-state index in [1.807, 2.05) is 19.3 Å². The molecule has 0 bridgehead atoms. The van der Waals surface area contributed by atoms with Gasteiger partial charge in [0.1, 0.15) is 9.39 Å². The van der Waals surface area contributed by atoms with E-state index in [9.17, 15) is 0 Å². The average Bonchev–Trinajstić information content (AvgIpc) is 2.59. The highest BCUT2D eigenvalue weighted by Crippen LogP contribution is 2.23. The molecule has 0 radical (unpaired) electrons. The van der Waals surface area contributed by atoms with E-state index in [0.29, 0.717) is 11.8 Å². The smallest absolute Gasteiger partial charge is 0.256 e. The zero-order valence-corrected chi connectivity index (χ0v) is 11.0. The first-order valence-corrected chi connectivity index (χ1v) is 5.60. The molecule has 84 valence electrons. The molecule has 0 saturated carbocycles. The molecular formula is C9H10IN5O. The van der Waals surface area contributed by atoms with Gasteiger partial charge in [-0.1, -0.05) is 0 Å². The van der Waals surface area contributed by atoms with Gasteiger partial charge in [-0.15, -0.1) is 5.10 Å². The maximum absolute atomic E-state index is 5.12. The molecule has 0 amide bonds. The van der Waals surface area contributed by atoms with Crippen LogP contribution in [-0.4, -0.2) is 26.9 Å². The van der Waals surface area contributed by atoms with Crippen molar-refractivity contribution < 1.29 is 4.74 Å². The number of hydrogen-bond acceptors (Lipinski definition) is 5. The van der Waals surface area contributed by atoms with Crippen molar-refractivity contribution in [2.45, 2.75) is 0 Å². The number of rotatable bonds is 3. The number of methoxy groups -OCH3 is 1. The van der Waals surface area contributed by atoms with Gasteiger partial charge in [-0.25, -0.2) is 9.97 Å². The van der Waals surface area contributed by atoms with E-state index in [4.69, 9.17) is 4.74 Å². The summed E-state index contributed by atoms with van der Waals surface area (Å²) in [4.78, 5) is 8.32. The molecule has 0 aliphatic heterocycles. The van der Waals surface area contributed by atoms with E-state index in [-0.39, 0.29) is 0 Å². The van der Waals surface area contributed by atoms with Crippen LogP contribution in [0.1, 0.15) is 0 Å². The molecule has 0 aliphatic carbocycles. The molecular weight excluding hydrogens is 321 g/mol. The van der Waals surface area contributed by atoms with Crippen LogP contribution in [0.3, 0.4) is 0 Å². The second-order valence-corrected chi connectivity index (χ2v) is 4.16. The van der Waals surface area contributed by atoms with Crippen molar-refractivity contribution in [3.63, 3.8) is 0 Å². The standard InChI is InChI=1S/C9H10IN5O/c1-15-5-6(8(14-15)16-2)12-9-11-4-3-7(10)13-9/h3-5H,1-2H3,(H,11,12,13). The van der Waals surface area contributed by atoms with Crippen LogP contribution >= 0.6 is 22.6 Å². The summed E-state index contributed by atoms with van der Waals surface area (Å²) in [5, 5.41) is 7.17. The van der Waals surface area contributed by atoms with Crippen molar-refractivity contribution in [1.29, 1.82) is 0 Å². The number of nitrogens with one attached hydrogen (secondary N) is 1. The molecule has 2 rings (SSSR count). The van der Waals surface area contributed by atoms with E-state index in [1.54, 1.807) is 18.0 Å². The molecule has 0 atom stereocenters. The molecule has 2 aromatic heterocycles. The largest absolute Gasteiger partial charge is 0.478 e. The Morgan fingerprint density at radius 1 is 1.50 bits per heavy atom.